The normalized spacial score (nSPS) is 26.1. The summed E-state index contributed by atoms with van der Waals surface area (Å²) in [6, 6.07) is 0. The molecule has 6 nitrogen and oxygen atoms in total. The van der Waals surface area contributed by atoms with Gasteiger partial charge in [-0.3, -0.25) is 9.69 Å². The molecule has 1 aliphatic carbocycles. The first-order valence-corrected chi connectivity index (χ1v) is 11.4. The van der Waals surface area contributed by atoms with Crippen LogP contribution in [0.2, 0.25) is 0 Å². The Labute approximate surface area is 176 Å². The molecule has 0 aromatic heterocycles. The topological polar surface area (TPSA) is 59.1 Å². The molecule has 29 heavy (non-hydrogen) atoms. The predicted octanol–water partition coefficient (Wildman–Crippen LogP) is 4.22. The van der Waals surface area contributed by atoms with E-state index in [1.807, 2.05) is 25.7 Å². The lowest BCUT2D eigenvalue weighted by Gasteiger charge is -2.53. The first-order valence-electron chi connectivity index (χ1n) is 11.4. The Morgan fingerprint density at radius 2 is 1.76 bits per heavy atom. The largest absolute Gasteiger partial charge is 0.463 e. The van der Waals surface area contributed by atoms with Gasteiger partial charge in [-0.15, -0.1) is 0 Å². The zero-order valence-electron chi connectivity index (χ0n) is 19.1. The van der Waals surface area contributed by atoms with Crippen LogP contribution in [0.4, 0.5) is 4.79 Å². The maximum atomic E-state index is 12.6. The van der Waals surface area contributed by atoms with Crippen molar-refractivity contribution in [2.45, 2.75) is 90.7 Å². The lowest BCUT2D eigenvalue weighted by atomic mass is 9.63. The fraction of sp³-hybridized carbons (Fsp3) is 0.913. The number of amides is 1. The Balaban J connectivity index is 1.74. The minimum atomic E-state index is -0.465. The summed E-state index contributed by atoms with van der Waals surface area (Å²) in [4.78, 5) is 28.8. The van der Waals surface area contributed by atoms with E-state index in [2.05, 4.69) is 18.7 Å². The molecule has 0 unspecified atom stereocenters. The lowest BCUT2D eigenvalue weighted by Crippen LogP contribution is -2.60. The Hall–Kier alpha value is -1.30. The number of hydrogen-bond acceptors (Lipinski definition) is 5. The Kier molecular flexibility index (Phi) is 6.52. The zero-order chi connectivity index (χ0) is 21.3. The fourth-order valence-electron chi connectivity index (χ4n) is 5.29. The molecule has 0 radical (unpaired) electrons. The number of morpholine rings is 1. The highest BCUT2D eigenvalue weighted by atomic mass is 16.6. The first-order chi connectivity index (χ1) is 13.5. The number of carbonyl (C=O) groups excluding carboxylic acids is 2. The highest BCUT2D eigenvalue weighted by Crippen LogP contribution is 2.47. The summed E-state index contributed by atoms with van der Waals surface area (Å²) in [5.41, 5.74) is -0.446. The molecule has 166 valence electrons. The number of piperidine rings is 1. The minimum absolute atomic E-state index is 0.116. The van der Waals surface area contributed by atoms with Crippen molar-refractivity contribution in [3.8, 4) is 0 Å². The molecule has 0 spiro atoms. The predicted molar refractivity (Wildman–Crippen MR) is 113 cm³/mol. The van der Waals surface area contributed by atoms with E-state index in [1.54, 1.807) is 0 Å². The highest BCUT2D eigenvalue weighted by Gasteiger charge is 2.47. The van der Waals surface area contributed by atoms with E-state index in [-0.39, 0.29) is 23.0 Å². The molecule has 1 saturated carbocycles. The summed E-state index contributed by atoms with van der Waals surface area (Å²) in [5, 5.41) is 0. The lowest BCUT2D eigenvalue weighted by molar-refractivity contribution is -0.163. The number of carbonyl (C=O) groups is 2. The molecule has 3 fully saturated rings. The highest BCUT2D eigenvalue weighted by molar-refractivity contribution is 5.72. The molecular formula is C23H40N2O4. The van der Waals surface area contributed by atoms with Gasteiger partial charge in [-0.25, -0.2) is 4.79 Å². The van der Waals surface area contributed by atoms with E-state index in [9.17, 15) is 9.59 Å². The van der Waals surface area contributed by atoms with Crippen LogP contribution in [0.5, 0.6) is 0 Å². The van der Waals surface area contributed by atoms with E-state index >= 15 is 0 Å². The van der Waals surface area contributed by atoms with Crippen molar-refractivity contribution in [2.75, 3.05) is 32.8 Å². The van der Waals surface area contributed by atoms with Gasteiger partial charge in [-0.05, 0) is 71.6 Å². The van der Waals surface area contributed by atoms with Crippen LogP contribution in [-0.4, -0.2) is 65.8 Å². The molecule has 0 aromatic rings. The molecule has 6 heteroatoms. The molecule has 0 atom stereocenters. The second-order valence-electron chi connectivity index (χ2n) is 11.0. The fourth-order valence-corrected chi connectivity index (χ4v) is 5.29. The maximum Gasteiger partial charge on any atom is 0.410 e. The van der Waals surface area contributed by atoms with E-state index in [1.165, 1.54) is 32.1 Å². The van der Waals surface area contributed by atoms with Crippen molar-refractivity contribution in [2.24, 2.45) is 11.3 Å². The molecular weight excluding hydrogens is 368 g/mol. The van der Waals surface area contributed by atoms with Gasteiger partial charge in [0.2, 0.25) is 0 Å². The van der Waals surface area contributed by atoms with Gasteiger partial charge in [0.05, 0.1) is 12.1 Å². The van der Waals surface area contributed by atoms with Crippen LogP contribution in [0.25, 0.3) is 0 Å². The second kappa shape index (κ2) is 8.44. The van der Waals surface area contributed by atoms with Gasteiger partial charge < -0.3 is 14.4 Å². The summed E-state index contributed by atoms with van der Waals surface area (Å²) in [6.07, 6.45) is 8.24. The smallest absolute Gasteiger partial charge is 0.410 e. The van der Waals surface area contributed by atoms with Crippen LogP contribution in [0.3, 0.4) is 0 Å². The van der Waals surface area contributed by atoms with Crippen LogP contribution >= 0.6 is 0 Å². The summed E-state index contributed by atoms with van der Waals surface area (Å²) >= 11 is 0. The Bertz CT molecular complexity index is 596. The number of esters is 1. The average Bonchev–Trinajstić information content (AvgIpc) is 2.65. The minimum Gasteiger partial charge on any atom is -0.463 e. The standard InChI is InChI=1S/C23H40N2O4/c1-21(2,3)29-20(27)24-13-11-23(12-14-24,18-9-7-6-8-10-18)16-25-15-19(26)28-17-22(25,4)5/h18H,6-17H2,1-5H3. The molecule has 0 N–H and O–H groups in total. The van der Waals surface area contributed by atoms with Gasteiger partial charge in [0, 0.05) is 19.6 Å². The summed E-state index contributed by atoms with van der Waals surface area (Å²) in [5.74, 6) is 0.556. The molecule has 1 amide bonds. The second-order valence-corrected chi connectivity index (χ2v) is 11.0. The van der Waals surface area contributed by atoms with Crippen molar-refractivity contribution in [1.29, 1.82) is 0 Å². The number of nitrogens with zero attached hydrogens (tertiary/aromatic N) is 2. The summed E-state index contributed by atoms with van der Waals surface area (Å²) in [7, 11) is 0. The van der Waals surface area contributed by atoms with E-state index in [0.717, 1.165) is 32.5 Å². The summed E-state index contributed by atoms with van der Waals surface area (Å²) < 4.78 is 10.9. The average molecular weight is 409 g/mol. The van der Waals surface area contributed by atoms with Crippen LogP contribution < -0.4 is 0 Å². The van der Waals surface area contributed by atoms with Gasteiger partial charge in [0.15, 0.2) is 0 Å². The van der Waals surface area contributed by atoms with E-state index < -0.39 is 5.60 Å². The third-order valence-electron chi connectivity index (χ3n) is 7.15. The summed E-state index contributed by atoms with van der Waals surface area (Å²) in [6.45, 7) is 13.3. The number of ether oxygens (including phenoxy) is 2. The van der Waals surface area contributed by atoms with E-state index in [4.69, 9.17) is 9.47 Å². The third-order valence-corrected chi connectivity index (χ3v) is 7.15. The first kappa shape index (κ1) is 22.4. The number of cyclic esters (lactones) is 1. The quantitative estimate of drug-likeness (QED) is 0.654. The molecule has 2 heterocycles. The van der Waals surface area contributed by atoms with Crippen molar-refractivity contribution < 1.29 is 19.1 Å². The van der Waals surface area contributed by atoms with Crippen molar-refractivity contribution >= 4 is 12.1 Å². The Morgan fingerprint density at radius 1 is 1.14 bits per heavy atom. The van der Waals surface area contributed by atoms with Crippen LogP contribution in [0.1, 0.15) is 79.6 Å². The maximum absolute atomic E-state index is 12.6. The number of rotatable bonds is 3. The van der Waals surface area contributed by atoms with Crippen molar-refractivity contribution in [3.63, 3.8) is 0 Å². The zero-order valence-corrected chi connectivity index (χ0v) is 19.1. The van der Waals surface area contributed by atoms with Crippen LogP contribution in [0.15, 0.2) is 0 Å². The molecule has 3 aliphatic rings. The molecule has 0 aromatic carbocycles. The molecule has 0 bridgehead atoms. The van der Waals surface area contributed by atoms with Gasteiger partial charge in [0.25, 0.3) is 0 Å². The number of likely N-dealkylation sites (tertiary alicyclic amines) is 1. The molecule has 3 rings (SSSR count). The number of hydrogen-bond donors (Lipinski definition) is 0. The van der Waals surface area contributed by atoms with Gasteiger partial charge in [-0.1, -0.05) is 19.3 Å². The van der Waals surface area contributed by atoms with E-state index in [0.29, 0.717) is 19.1 Å². The van der Waals surface area contributed by atoms with Crippen LogP contribution in [0, 0.1) is 11.3 Å². The van der Waals surface area contributed by atoms with Crippen molar-refractivity contribution in [3.05, 3.63) is 0 Å². The van der Waals surface area contributed by atoms with Gasteiger partial charge in [-0.2, -0.15) is 0 Å². The van der Waals surface area contributed by atoms with Crippen molar-refractivity contribution in [1.82, 2.24) is 9.80 Å². The SMILES string of the molecule is CC(C)(C)OC(=O)N1CCC(CN2CC(=O)OCC2(C)C)(C2CCCCC2)CC1. The van der Waals surface area contributed by atoms with Gasteiger partial charge in [0.1, 0.15) is 12.2 Å². The van der Waals surface area contributed by atoms with Gasteiger partial charge >= 0.3 is 12.1 Å². The molecule has 2 aliphatic heterocycles. The monoisotopic (exact) mass is 408 g/mol. The van der Waals surface area contributed by atoms with Crippen LogP contribution in [-0.2, 0) is 14.3 Å². The third kappa shape index (κ3) is 5.44. The Morgan fingerprint density at radius 3 is 2.34 bits per heavy atom. The molecule has 2 saturated heterocycles.